The summed E-state index contributed by atoms with van der Waals surface area (Å²) in [6.07, 6.45) is 3.36. The number of benzene rings is 2. The lowest BCUT2D eigenvalue weighted by Crippen LogP contribution is -2.15. The maximum absolute atomic E-state index is 12.8. The summed E-state index contributed by atoms with van der Waals surface area (Å²) in [6.45, 7) is 0. The van der Waals surface area contributed by atoms with Crippen LogP contribution in [0.1, 0.15) is 10.4 Å². The molecule has 132 valence electrons. The Labute approximate surface area is 157 Å². The molecule has 4 rings (SSSR count). The first kappa shape index (κ1) is 16.7. The fourth-order valence-corrected chi connectivity index (χ4v) is 2.93. The number of para-hydroxylation sites is 2. The number of hydrogen-bond donors (Lipinski definition) is 1. The van der Waals surface area contributed by atoms with Crippen molar-refractivity contribution >= 4 is 34.0 Å². The molecule has 0 fully saturated rings. The minimum Gasteiger partial charge on any atom is -0.329 e. The molecule has 0 spiro atoms. The fraction of sp³-hybridized carbons (Fsp3) is 0.0455. The third kappa shape index (κ3) is 3.48. The zero-order chi connectivity index (χ0) is 18.6. The van der Waals surface area contributed by atoms with Crippen molar-refractivity contribution in [2.75, 3.05) is 17.3 Å². The molecule has 2 aromatic carbocycles. The third-order valence-corrected chi connectivity index (χ3v) is 4.38. The number of fused-ring (bicyclic) bond motifs is 1. The second-order valence-electron chi connectivity index (χ2n) is 6.13. The largest absolute Gasteiger partial charge is 0.329 e. The highest BCUT2D eigenvalue weighted by Crippen LogP contribution is 2.24. The zero-order valence-electron chi connectivity index (χ0n) is 14.8. The molecule has 1 N–H and O–H groups in total. The maximum atomic E-state index is 12.8. The molecule has 0 atom stereocenters. The SMILES string of the molecule is CN(c1ccccc1)c1cc(C(=O)Nc2cccc3cccnc23)ccn1. The van der Waals surface area contributed by atoms with Crippen LogP contribution in [0, 0.1) is 0 Å². The standard InChI is InChI=1S/C22H18N4O/c1-26(18-9-3-2-4-10-18)20-15-17(12-14-23-20)22(27)25-19-11-5-7-16-8-6-13-24-21(16)19/h2-15H,1H3,(H,25,27). The lowest BCUT2D eigenvalue weighted by Gasteiger charge is -2.18. The van der Waals surface area contributed by atoms with E-state index in [1.54, 1.807) is 24.5 Å². The zero-order valence-corrected chi connectivity index (χ0v) is 14.8. The number of hydrogen-bond acceptors (Lipinski definition) is 4. The highest BCUT2D eigenvalue weighted by atomic mass is 16.1. The van der Waals surface area contributed by atoms with E-state index in [1.165, 1.54) is 0 Å². The van der Waals surface area contributed by atoms with Gasteiger partial charge in [-0.05, 0) is 36.4 Å². The molecule has 0 unspecified atom stereocenters. The Morgan fingerprint density at radius 2 is 1.70 bits per heavy atom. The van der Waals surface area contributed by atoms with Crippen molar-refractivity contribution in [2.24, 2.45) is 0 Å². The van der Waals surface area contributed by atoms with Gasteiger partial charge in [-0.15, -0.1) is 0 Å². The van der Waals surface area contributed by atoms with Gasteiger partial charge in [-0.3, -0.25) is 9.78 Å². The van der Waals surface area contributed by atoms with Crippen LogP contribution in [-0.2, 0) is 0 Å². The van der Waals surface area contributed by atoms with E-state index in [9.17, 15) is 4.79 Å². The van der Waals surface area contributed by atoms with E-state index in [0.717, 1.165) is 16.6 Å². The molecule has 27 heavy (non-hydrogen) atoms. The summed E-state index contributed by atoms with van der Waals surface area (Å²) in [5.74, 6) is 0.503. The van der Waals surface area contributed by atoms with Crippen LogP contribution < -0.4 is 10.2 Å². The molecule has 5 heteroatoms. The van der Waals surface area contributed by atoms with Crippen molar-refractivity contribution in [2.45, 2.75) is 0 Å². The predicted molar refractivity (Wildman–Crippen MR) is 108 cm³/mol. The van der Waals surface area contributed by atoms with Crippen molar-refractivity contribution in [3.05, 3.63) is 90.8 Å². The lowest BCUT2D eigenvalue weighted by molar-refractivity contribution is 0.102. The molecular formula is C22H18N4O. The molecule has 0 bridgehead atoms. The Hall–Kier alpha value is -3.73. The van der Waals surface area contributed by atoms with E-state index in [2.05, 4.69) is 15.3 Å². The van der Waals surface area contributed by atoms with Gasteiger partial charge in [0.05, 0.1) is 11.2 Å². The second-order valence-corrected chi connectivity index (χ2v) is 6.13. The predicted octanol–water partition coefficient (Wildman–Crippen LogP) is 4.65. The van der Waals surface area contributed by atoms with Crippen LogP contribution in [0.2, 0.25) is 0 Å². The van der Waals surface area contributed by atoms with E-state index >= 15 is 0 Å². The minimum absolute atomic E-state index is 0.196. The Kier molecular flexibility index (Phi) is 4.49. The Morgan fingerprint density at radius 3 is 2.56 bits per heavy atom. The first-order chi connectivity index (χ1) is 13.2. The summed E-state index contributed by atoms with van der Waals surface area (Å²) in [6, 6.07) is 22.9. The monoisotopic (exact) mass is 354 g/mol. The summed E-state index contributed by atoms with van der Waals surface area (Å²) < 4.78 is 0. The van der Waals surface area contributed by atoms with Crippen LogP contribution in [0.4, 0.5) is 17.2 Å². The normalized spacial score (nSPS) is 10.6. The number of aromatic nitrogens is 2. The van der Waals surface area contributed by atoms with Crippen molar-refractivity contribution in [3.63, 3.8) is 0 Å². The average molecular weight is 354 g/mol. The molecule has 0 radical (unpaired) electrons. The quantitative estimate of drug-likeness (QED) is 0.579. The highest BCUT2D eigenvalue weighted by Gasteiger charge is 2.12. The summed E-state index contributed by atoms with van der Waals surface area (Å²) >= 11 is 0. The Bertz CT molecular complexity index is 1090. The van der Waals surface area contributed by atoms with E-state index < -0.39 is 0 Å². The van der Waals surface area contributed by atoms with Gasteiger partial charge in [-0.1, -0.05) is 36.4 Å². The molecule has 2 heterocycles. The number of rotatable bonds is 4. The molecule has 2 aromatic heterocycles. The molecule has 5 nitrogen and oxygen atoms in total. The van der Waals surface area contributed by atoms with Crippen LogP contribution in [-0.4, -0.2) is 22.9 Å². The molecule has 0 saturated carbocycles. The van der Waals surface area contributed by atoms with E-state index in [0.29, 0.717) is 17.1 Å². The molecule has 1 amide bonds. The van der Waals surface area contributed by atoms with Gasteiger partial charge in [-0.25, -0.2) is 4.98 Å². The number of pyridine rings is 2. The third-order valence-electron chi connectivity index (χ3n) is 4.38. The summed E-state index contributed by atoms with van der Waals surface area (Å²) in [4.78, 5) is 23.5. The van der Waals surface area contributed by atoms with Gasteiger partial charge in [0, 0.05) is 36.1 Å². The van der Waals surface area contributed by atoms with Crippen LogP contribution in [0.25, 0.3) is 10.9 Å². The van der Waals surface area contributed by atoms with Crippen LogP contribution in [0.15, 0.2) is 85.2 Å². The Balaban J connectivity index is 1.61. The summed E-state index contributed by atoms with van der Waals surface area (Å²) in [7, 11) is 1.92. The van der Waals surface area contributed by atoms with Crippen LogP contribution in [0.3, 0.4) is 0 Å². The number of anilines is 3. The first-order valence-corrected chi connectivity index (χ1v) is 8.62. The fourth-order valence-electron chi connectivity index (χ4n) is 2.93. The number of carbonyl (C=O) groups excluding carboxylic acids is 1. The topological polar surface area (TPSA) is 58.1 Å². The smallest absolute Gasteiger partial charge is 0.255 e. The molecule has 4 aromatic rings. The van der Waals surface area contributed by atoms with Crippen molar-refractivity contribution in [3.8, 4) is 0 Å². The van der Waals surface area contributed by atoms with Crippen molar-refractivity contribution in [1.29, 1.82) is 0 Å². The van der Waals surface area contributed by atoms with E-state index in [4.69, 9.17) is 0 Å². The van der Waals surface area contributed by atoms with Crippen LogP contribution >= 0.6 is 0 Å². The van der Waals surface area contributed by atoms with Gasteiger partial charge in [0.25, 0.3) is 5.91 Å². The van der Waals surface area contributed by atoms with Gasteiger partial charge < -0.3 is 10.2 Å². The van der Waals surface area contributed by atoms with Gasteiger partial charge in [-0.2, -0.15) is 0 Å². The van der Waals surface area contributed by atoms with Gasteiger partial charge >= 0.3 is 0 Å². The van der Waals surface area contributed by atoms with Crippen LogP contribution in [0.5, 0.6) is 0 Å². The second kappa shape index (κ2) is 7.25. The number of nitrogens with one attached hydrogen (secondary N) is 1. The maximum Gasteiger partial charge on any atom is 0.255 e. The molecular weight excluding hydrogens is 336 g/mol. The first-order valence-electron chi connectivity index (χ1n) is 8.62. The summed E-state index contributed by atoms with van der Waals surface area (Å²) in [5, 5.41) is 3.94. The molecule has 0 aliphatic heterocycles. The van der Waals surface area contributed by atoms with E-state index in [-0.39, 0.29) is 5.91 Å². The number of carbonyl (C=O) groups is 1. The van der Waals surface area contributed by atoms with Gasteiger partial charge in [0.1, 0.15) is 5.82 Å². The lowest BCUT2D eigenvalue weighted by atomic mass is 10.1. The Morgan fingerprint density at radius 1 is 0.889 bits per heavy atom. The minimum atomic E-state index is -0.196. The number of nitrogens with zero attached hydrogens (tertiary/aromatic N) is 3. The van der Waals surface area contributed by atoms with E-state index in [1.807, 2.05) is 72.6 Å². The summed E-state index contributed by atoms with van der Waals surface area (Å²) in [5.41, 5.74) is 2.99. The van der Waals surface area contributed by atoms with Gasteiger partial charge in [0.15, 0.2) is 0 Å². The molecule has 0 saturated heterocycles. The van der Waals surface area contributed by atoms with Gasteiger partial charge in [0.2, 0.25) is 0 Å². The number of amides is 1. The highest BCUT2D eigenvalue weighted by molar-refractivity contribution is 6.08. The van der Waals surface area contributed by atoms with Crippen molar-refractivity contribution in [1.82, 2.24) is 9.97 Å². The molecule has 0 aliphatic carbocycles. The van der Waals surface area contributed by atoms with Crippen molar-refractivity contribution < 1.29 is 4.79 Å². The average Bonchev–Trinajstić information content (AvgIpc) is 2.74. The molecule has 0 aliphatic rings.